The first-order chi connectivity index (χ1) is 13.5. The molecule has 0 atom stereocenters. The maximum absolute atomic E-state index is 12.4. The van der Waals surface area contributed by atoms with E-state index in [0.717, 1.165) is 16.8 Å². The molecule has 28 heavy (non-hydrogen) atoms. The molecule has 7 nitrogen and oxygen atoms in total. The molecule has 0 saturated heterocycles. The maximum atomic E-state index is 12.4. The van der Waals surface area contributed by atoms with Crippen molar-refractivity contribution in [2.75, 3.05) is 24.9 Å². The number of benzene rings is 2. The van der Waals surface area contributed by atoms with E-state index in [1.807, 2.05) is 32.0 Å². The Morgan fingerprint density at radius 3 is 2.21 bits per heavy atom. The minimum atomic E-state index is -0.363. The number of hydrogen-bond donors (Lipinski definition) is 2. The van der Waals surface area contributed by atoms with Gasteiger partial charge in [0, 0.05) is 17.4 Å². The lowest BCUT2D eigenvalue weighted by molar-refractivity contribution is 0.102. The third-order valence-corrected chi connectivity index (χ3v) is 4.27. The number of aromatic nitrogens is 2. The second-order valence-electron chi connectivity index (χ2n) is 6.22. The van der Waals surface area contributed by atoms with Crippen LogP contribution in [0, 0.1) is 13.8 Å². The molecule has 0 saturated carbocycles. The van der Waals surface area contributed by atoms with Gasteiger partial charge in [0.05, 0.1) is 14.2 Å². The second kappa shape index (κ2) is 8.39. The average molecular weight is 378 g/mol. The van der Waals surface area contributed by atoms with Crippen molar-refractivity contribution >= 4 is 23.1 Å². The Hall–Kier alpha value is -3.61. The van der Waals surface area contributed by atoms with Gasteiger partial charge in [-0.05, 0) is 49.2 Å². The zero-order valence-electron chi connectivity index (χ0n) is 16.2. The Kier molecular flexibility index (Phi) is 5.74. The molecule has 2 N–H and O–H groups in total. The highest BCUT2D eigenvalue weighted by Gasteiger charge is 2.12. The van der Waals surface area contributed by atoms with Crippen LogP contribution >= 0.6 is 0 Å². The molecular formula is C21H22N4O3. The summed E-state index contributed by atoms with van der Waals surface area (Å²) in [5.41, 5.74) is 3.98. The molecule has 0 aliphatic rings. The quantitative estimate of drug-likeness (QED) is 0.671. The van der Waals surface area contributed by atoms with Crippen LogP contribution in [0.25, 0.3) is 0 Å². The first-order valence-corrected chi connectivity index (χ1v) is 8.72. The monoisotopic (exact) mass is 378 g/mol. The van der Waals surface area contributed by atoms with E-state index in [1.165, 1.54) is 7.11 Å². The fourth-order valence-electron chi connectivity index (χ4n) is 2.77. The van der Waals surface area contributed by atoms with E-state index in [4.69, 9.17) is 9.47 Å². The van der Waals surface area contributed by atoms with E-state index in [1.54, 1.807) is 37.4 Å². The number of hydrogen-bond acceptors (Lipinski definition) is 6. The largest absolute Gasteiger partial charge is 0.493 e. The lowest BCUT2D eigenvalue weighted by atomic mass is 10.1. The summed E-state index contributed by atoms with van der Waals surface area (Å²) >= 11 is 0. The summed E-state index contributed by atoms with van der Waals surface area (Å²) in [7, 11) is 3.09. The minimum absolute atomic E-state index is 0.210. The number of rotatable bonds is 6. The highest BCUT2D eigenvalue weighted by Crippen LogP contribution is 2.30. The van der Waals surface area contributed by atoms with Gasteiger partial charge >= 0.3 is 0 Å². The van der Waals surface area contributed by atoms with Crippen molar-refractivity contribution in [1.29, 1.82) is 0 Å². The molecule has 1 heterocycles. The summed E-state index contributed by atoms with van der Waals surface area (Å²) in [6.45, 7) is 4.04. The Balaban J connectivity index is 1.72. The van der Waals surface area contributed by atoms with Gasteiger partial charge in [0.2, 0.25) is 0 Å². The molecule has 0 aliphatic carbocycles. The number of carbonyl (C=O) groups is 1. The molecule has 144 valence electrons. The number of ether oxygens (including phenoxy) is 2. The van der Waals surface area contributed by atoms with Gasteiger partial charge in [-0.15, -0.1) is 10.2 Å². The van der Waals surface area contributed by atoms with E-state index < -0.39 is 0 Å². The number of amides is 1. The number of aryl methyl sites for hydroxylation is 2. The molecule has 0 bridgehead atoms. The van der Waals surface area contributed by atoms with Crippen molar-refractivity contribution in [3.63, 3.8) is 0 Å². The minimum Gasteiger partial charge on any atom is -0.493 e. The fraction of sp³-hybridized carbons (Fsp3) is 0.190. The molecular weight excluding hydrogens is 356 g/mol. The number of nitrogens with zero attached hydrogens (tertiary/aromatic N) is 2. The summed E-state index contributed by atoms with van der Waals surface area (Å²) in [5, 5.41) is 14.2. The molecule has 0 radical (unpaired) electrons. The van der Waals surface area contributed by atoms with Crippen LogP contribution in [0.5, 0.6) is 11.5 Å². The number of anilines is 3. The Morgan fingerprint density at radius 1 is 0.893 bits per heavy atom. The molecule has 3 rings (SSSR count). The zero-order chi connectivity index (χ0) is 20.1. The van der Waals surface area contributed by atoms with Crippen LogP contribution in [-0.4, -0.2) is 30.3 Å². The predicted molar refractivity (Wildman–Crippen MR) is 109 cm³/mol. The van der Waals surface area contributed by atoms with Crippen LogP contribution in [0.15, 0.2) is 48.5 Å². The summed E-state index contributed by atoms with van der Waals surface area (Å²) in [6.07, 6.45) is 0. The molecule has 0 fully saturated rings. The molecule has 1 amide bonds. The summed E-state index contributed by atoms with van der Waals surface area (Å²) < 4.78 is 10.4. The molecule has 0 spiro atoms. The topological polar surface area (TPSA) is 85.4 Å². The van der Waals surface area contributed by atoms with Gasteiger partial charge in [-0.3, -0.25) is 4.79 Å². The van der Waals surface area contributed by atoms with Crippen molar-refractivity contribution in [1.82, 2.24) is 10.2 Å². The first-order valence-electron chi connectivity index (χ1n) is 8.72. The summed E-state index contributed by atoms with van der Waals surface area (Å²) in [5.74, 6) is 1.32. The van der Waals surface area contributed by atoms with Crippen molar-refractivity contribution < 1.29 is 14.3 Å². The third-order valence-electron chi connectivity index (χ3n) is 4.27. The van der Waals surface area contributed by atoms with Crippen LogP contribution < -0.4 is 20.1 Å². The number of carbonyl (C=O) groups excluding carboxylic acids is 1. The average Bonchev–Trinajstić information content (AvgIpc) is 2.71. The van der Waals surface area contributed by atoms with Crippen molar-refractivity contribution in [2.24, 2.45) is 0 Å². The van der Waals surface area contributed by atoms with Gasteiger partial charge in [-0.2, -0.15) is 0 Å². The van der Waals surface area contributed by atoms with E-state index >= 15 is 0 Å². The normalized spacial score (nSPS) is 10.3. The van der Waals surface area contributed by atoms with Gasteiger partial charge in [-0.25, -0.2) is 0 Å². The Morgan fingerprint density at radius 2 is 1.61 bits per heavy atom. The van der Waals surface area contributed by atoms with Crippen LogP contribution in [0.1, 0.15) is 21.6 Å². The van der Waals surface area contributed by atoms with Gasteiger partial charge in [0.15, 0.2) is 23.0 Å². The fourth-order valence-corrected chi connectivity index (χ4v) is 2.77. The number of methoxy groups -OCH3 is 2. The number of para-hydroxylation sites is 1. The van der Waals surface area contributed by atoms with E-state index in [9.17, 15) is 4.79 Å². The zero-order valence-corrected chi connectivity index (χ0v) is 16.2. The van der Waals surface area contributed by atoms with E-state index in [2.05, 4.69) is 20.8 Å². The lowest BCUT2D eigenvalue weighted by Crippen LogP contribution is -2.14. The van der Waals surface area contributed by atoms with Gasteiger partial charge < -0.3 is 20.1 Å². The van der Waals surface area contributed by atoms with E-state index in [0.29, 0.717) is 23.0 Å². The molecule has 7 heteroatoms. The molecule has 0 aliphatic heterocycles. The lowest BCUT2D eigenvalue weighted by Gasteiger charge is -2.12. The molecule has 3 aromatic rings. The smallest absolute Gasteiger partial charge is 0.276 e. The highest BCUT2D eigenvalue weighted by molar-refractivity contribution is 6.03. The molecule has 2 aromatic carbocycles. The van der Waals surface area contributed by atoms with Gasteiger partial charge in [-0.1, -0.05) is 18.2 Å². The van der Waals surface area contributed by atoms with Crippen molar-refractivity contribution in [3.05, 3.63) is 65.4 Å². The third kappa shape index (κ3) is 4.20. The first kappa shape index (κ1) is 19.2. The second-order valence-corrected chi connectivity index (χ2v) is 6.22. The van der Waals surface area contributed by atoms with Gasteiger partial charge in [0.25, 0.3) is 5.91 Å². The highest BCUT2D eigenvalue weighted by atomic mass is 16.5. The maximum Gasteiger partial charge on any atom is 0.276 e. The molecule has 1 aromatic heterocycles. The summed E-state index contributed by atoms with van der Waals surface area (Å²) in [6, 6.07) is 14.5. The van der Waals surface area contributed by atoms with Gasteiger partial charge in [0.1, 0.15) is 0 Å². The SMILES string of the molecule is COc1ccc(NC(=O)c2ccc(Nc3c(C)cccc3C)nn2)cc1OC. The van der Waals surface area contributed by atoms with Crippen LogP contribution in [-0.2, 0) is 0 Å². The van der Waals surface area contributed by atoms with Crippen LogP contribution in [0.2, 0.25) is 0 Å². The predicted octanol–water partition coefficient (Wildman–Crippen LogP) is 4.11. The van der Waals surface area contributed by atoms with Crippen molar-refractivity contribution in [2.45, 2.75) is 13.8 Å². The van der Waals surface area contributed by atoms with Crippen LogP contribution in [0.4, 0.5) is 17.2 Å². The summed E-state index contributed by atoms with van der Waals surface area (Å²) in [4.78, 5) is 12.4. The van der Waals surface area contributed by atoms with Crippen molar-refractivity contribution in [3.8, 4) is 11.5 Å². The standard InChI is InChI=1S/C21H22N4O3/c1-13-6-5-7-14(2)20(13)23-19-11-9-16(24-25-19)21(26)22-15-8-10-17(27-3)18(12-15)28-4/h5-12H,1-4H3,(H,22,26)(H,23,25). The van der Waals surface area contributed by atoms with E-state index in [-0.39, 0.29) is 11.6 Å². The number of nitrogens with one attached hydrogen (secondary N) is 2. The Bertz CT molecular complexity index is 967. The molecule has 0 unspecified atom stereocenters. The Labute approximate surface area is 163 Å². The van der Waals surface area contributed by atoms with Crippen LogP contribution in [0.3, 0.4) is 0 Å².